The van der Waals surface area contributed by atoms with Crippen LogP contribution in [0.15, 0.2) is 30.3 Å². The highest BCUT2D eigenvalue weighted by Gasteiger charge is 2.27. The van der Waals surface area contributed by atoms with Gasteiger partial charge in [0, 0.05) is 24.7 Å². The number of aromatic nitrogens is 2. The van der Waals surface area contributed by atoms with Crippen LogP contribution in [0.2, 0.25) is 0 Å². The van der Waals surface area contributed by atoms with E-state index < -0.39 is 0 Å². The summed E-state index contributed by atoms with van der Waals surface area (Å²) in [7, 11) is 0. The minimum Gasteiger partial charge on any atom is -0.367 e. The van der Waals surface area contributed by atoms with Crippen molar-refractivity contribution >= 4 is 11.7 Å². The standard InChI is InChI=1S/C19H25N5O/c20-12-17(25)23-10-11-24-16(13-23)22-18(14-6-2-1-3-7-14)19(24)21-15-8-4-5-9-15/h1-3,6-7,15,21H,4-5,8-13,20H2. The van der Waals surface area contributed by atoms with Gasteiger partial charge < -0.3 is 20.5 Å². The Balaban J connectivity index is 1.70. The molecule has 1 aromatic carbocycles. The van der Waals surface area contributed by atoms with E-state index in [1.54, 1.807) is 4.90 Å². The first-order valence-electron chi connectivity index (χ1n) is 9.15. The van der Waals surface area contributed by atoms with Crippen molar-refractivity contribution in [2.24, 2.45) is 5.73 Å². The first kappa shape index (κ1) is 16.1. The molecule has 0 radical (unpaired) electrons. The van der Waals surface area contributed by atoms with Gasteiger partial charge in [0.15, 0.2) is 0 Å². The van der Waals surface area contributed by atoms with Crippen LogP contribution in [0, 0.1) is 0 Å². The number of hydrogen-bond acceptors (Lipinski definition) is 4. The number of nitrogens with two attached hydrogens (primary N) is 1. The molecule has 0 bridgehead atoms. The van der Waals surface area contributed by atoms with Gasteiger partial charge in [0.2, 0.25) is 5.91 Å². The first-order valence-corrected chi connectivity index (χ1v) is 9.15. The number of carbonyl (C=O) groups excluding carboxylic acids is 1. The van der Waals surface area contributed by atoms with Gasteiger partial charge in [0.1, 0.15) is 17.3 Å². The lowest BCUT2D eigenvalue weighted by Gasteiger charge is -2.28. The minimum atomic E-state index is -0.0131. The van der Waals surface area contributed by atoms with Crippen LogP contribution in [-0.4, -0.2) is 39.5 Å². The first-order chi connectivity index (χ1) is 12.3. The largest absolute Gasteiger partial charge is 0.367 e. The number of rotatable bonds is 4. The number of nitrogens with one attached hydrogen (secondary N) is 1. The number of amides is 1. The summed E-state index contributed by atoms with van der Waals surface area (Å²) in [5.41, 5.74) is 7.63. The molecule has 0 atom stereocenters. The molecule has 6 nitrogen and oxygen atoms in total. The Hall–Kier alpha value is -2.34. The molecule has 2 aromatic rings. The van der Waals surface area contributed by atoms with Gasteiger partial charge in [-0.15, -0.1) is 0 Å². The van der Waals surface area contributed by atoms with E-state index in [4.69, 9.17) is 10.7 Å². The second kappa shape index (κ2) is 6.88. The predicted octanol–water partition coefficient (Wildman–Crippen LogP) is 2.21. The predicted molar refractivity (Wildman–Crippen MR) is 98.0 cm³/mol. The van der Waals surface area contributed by atoms with E-state index in [2.05, 4.69) is 22.0 Å². The molecule has 1 fully saturated rings. The second-order valence-corrected chi connectivity index (χ2v) is 6.89. The van der Waals surface area contributed by atoms with Crippen molar-refractivity contribution in [2.75, 3.05) is 18.4 Å². The fraction of sp³-hybridized carbons (Fsp3) is 0.474. The number of nitrogens with zero attached hydrogens (tertiary/aromatic N) is 3. The third-order valence-electron chi connectivity index (χ3n) is 5.24. The Bertz CT molecular complexity index is 749. The summed E-state index contributed by atoms with van der Waals surface area (Å²) in [5.74, 6) is 2.03. The summed E-state index contributed by atoms with van der Waals surface area (Å²) in [6.07, 6.45) is 5.01. The van der Waals surface area contributed by atoms with Crippen LogP contribution in [0.5, 0.6) is 0 Å². The maximum atomic E-state index is 12.0. The lowest BCUT2D eigenvalue weighted by molar-refractivity contribution is -0.131. The van der Waals surface area contributed by atoms with Gasteiger partial charge in [0.05, 0.1) is 13.1 Å². The molecular weight excluding hydrogens is 314 g/mol. The van der Waals surface area contributed by atoms with Crippen molar-refractivity contribution in [3.8, 4) is 11.3 Å². The number of anilines is 1. The molecule has 4 rings (SSSR count). The second-order valence-electron chi connectivity index (χ2n) is 6.89. The molecule has 0 saturated heterocycles. The normalized spacial score (nSPS) is 17.6. The van der Waals surface area contributed by atoms with Crippen LogP contribution in [0.1, 0.15) is 31.5 Å². The number of benzene rings is 1. The average molecular weight is 339 g/mol. The topological polar surface area (TPSA) is 76.2 Å². The lowest BCUT2D eigenvalue weighted by Crippen LogP contribution is -2.41. The van der Waals surface area contributed by atoms with Crippen molar-refractivity contribution in [3.63, 3.8) is 0 Å². The van der Waals surface area contributed by atoms with Crippen molar-refractivity contribution < 1.29 is 4.79 Å². The molecule has 6 heteroatoms. The van der Waals surface area contributed by atoms with Crippen LogP contribution in [0.4, 0.5) is 5.82 Å². The van der Waals surface area contributed by atoms with Gasteiger partial charge in [-0.2, -0.15) is 0 Å². The van der Waals surface area contributed by atoms with Crippen molar-refractivity contribution in [1.82, 2.24) is 14.5 Å². The number of imidazole rings is 1. The summed E-state index contributed by atoms with van der Waals surface area (Å²) in [4.78, 5) is 18.7. The lowest BCUT2D eigenvalue weighted by atomic mass is 10.1. The molecule has 2 aliphatic rings. The Morgan fingerprint density at radius 2 is 1.96 bits per heavy atom. The van der Waals surface area contributed by atoms with E-state index in [-0.39, 0.29) is 12.5 Å². The number of carbonyl (C=O) groups is 1. The van der Waals surface area contributed by atoms with Crippen LogP contribution >= 0.6 is 0 Å². The minimum absolute atomic E-state index is 0.0131. The monoisotopic (exact) mass is 339 g/mol. The number of hydrogen-bond donors (Lipinski definition) is 2. The van der Waals surface area contributed by atoms with Crippen LogP contribution < -0.4 is 11.1 Å². The smallest absolute Gasteiger partial charge is 0.236 e. The van der Waals surface area contributed by atoms with Gasteiger partial charge in [-0.1, -0.05) is 43.2 Å². The van der Waals surface area contributed by atoms with Crippen LogP contribution in [-0.2, 0) is 17.9 Å². The van der Waals surface area contributed by atoms with Gasteiger partial charge in [0.25, 0.3) is 0 Å². The molecule has 2 heterocycles. The molecule has 25 heavy (non-hydrogen) atoms. The van der Waals surface area contributed by atoms with E-state index in [1.165, 1.54) is 25.7 Å². The Morgan fingerprint density at radius 1 is 1.20 bits per heavy atom. The Morgan fingerprint density at radius 3 is 2.68 bits per heavy atom. The summed E-state index contributed by atoms with van der Waals surface area (Å²) in [6, 6.07) is 10.8. The molecular formula is C19H25N5O. The zero-order valence-corrected chi connectivity index (χ0v) is 14.4. The molecule has 0 spiro atoms. The van der Waals surface area contributed by atoms with Crippen LogP contribution in [0.25, 0.3) is 11.3 Å². The van der Waals surface area contributed by atoms with Crippen LogP contribution in [0.3, 0.4) is 0 Å². The maximum absolute atomic E-state index is 12.0. The van der Waals surface area contributed by atoms with E-state index >= 15 is 0 Å². The van der Waals surface area contributed by atoms with E-state index in [0.29, 0.717) is 19.1 Å². The summed E-state index contributed by atoms with van der Waals surface area (Å²) >= 11 is 0. The zero-order chi connectivity index (χ0) is 17.2. The van der Waals surface area contributed by atoms with Gasteiger partial charge >= 0.3 is 0 Å². The summed E-state index contributed by atoms with van der Waals surface area (Å²) in [6.45, 7) is 2.03. The quantitative estimate of drug-likeness (QED) is 0.895. The highest BCUT2D eigenvalue weighted by atomic mass is 16.2. The zero-order valence-electron chi connectivity index (χ0n) is 14.4. The van der Waals surface area contributed by atoms with Gasteiger partial charge in [-0.05, 0) is 12.8 Å². The summed E-state index contributed by atoms with van der Waals surface area (Å²) in [5, 5.41) is 3.75. The van der Waals surface area contributed by atoms with E-state index in [1.807, 2.05) is 18.2 Å². The molecule has 1 aromatic heterocycles. The summed E-state index contributed by atoms with van der Waals surface area (Å²) < 4.78 is 2.25. The molecule has 1 amide bonds. The SMILES string of the molecule is NCC(=O)N1CCn2c(nc(-c3ccccc3)c2NC2CCCC2)C1. The molecule has 132 valence electrons. The fourth-order valence-corrected chi connectivity index (χ4v) is 3.88. The molecule has 1 saturated carbocycles. The third-order valence-corrected chi connectivity index (χ3v) is 5.24. The Labute approximate surface area is 148 Å². The Kier molecular flexibility index (Phi) is 4.44. The average Bonchev–Trinajstić information content (AvgIpc) is 3.30. The van der Waals surface area contributed by atoms with Crippen molar-refractivity contribution in [1.29, 1.82) is 0 Å². The fourth-order valence-electron chi connectivity index (χ4n) is 3.88. The molecule has 1 aliphatic heterocycles. The highest BCUT2D eigenvalue weighted by Crippen LogP contribution is 2.33. The molecule has 1 aliphatic carbocycles. The van der Waals surface area contributed by atoms with Gasteiger partial charge in [-0.3, -0.25) is 4.79 Å². The van der Waals surface area contributed by atoms with E-state index in [9.17, 15) is 4.79 Å². The molecule has 0 unspecified atom stereocenters. The van der Waals surface area contributed by atoms with E-state index in [0.717, 1.165) is 29.4 Å². The van der Waals surface area contributed by atoms with Crippen molar-refractivity contribution in [3.05, 3.63) is 36.2 Å². The molecule has 3 N–H and O–H groups in total. The van der Waals surface area contributed by atoms with Gasteiger partial charge in [-0.25, -0.2) is 4.98 Å². The number of fused-ring (bicyclic) bond motifs is 1. The van der Waals surface area contributed by atoms with Crippen molar-refractivity contribution in [2.45, 2.75) is 44.8 Å². The maximum Gasteiger partial charge on any atom is 0.236 e. The highest BCUT2D eigenvalue weighted by molar-refractivity contribution is 5.78. The third kappa shape index (κ3) is 3.14.